The van der Waals surface area contributed by atoms with Crippen LogP contribution in [0.25, 0.3) is 0 Å². The van der Waals surface area contributed by atoms with E-state index in [9.17, 15) is 9.18 Å². The first-order chi connectivity index (χ1) is 11.1. The molecular weight excluding hydrogens is 315 g/mol. The van der Waals surface area contributed by atoms with Crippen LogP contribution in [0.1, 0.15) is 34.9 Å². The fourth-order valence-electron chi connectivity index (χ4n) is 2.41. The summed E-state index contributed by atoms with van der Waals surface area (Å²) in [5.74, 6) is -0.412. The standard InChI is InChI=1S/C19H20ClFO2/c1-23-19(22)8-4-5-14-9-11-15(12-10-14)17(20)13-16-6-2-3-7-18(16)21/h2-3,6-7,9-12,17H,4-5,8,13H2,1H3. The Balaban J connectivity index is 1.91. The van der Waals surface area contributed by atoms with Crippen molar-refractivity contribution >= 4 is 17.6 Å². The van der Waals surface area contributed by atoms with Crippen LogP contribution in [0.5, 0.6) is 0 Å². The summed E-state index contributed by atoms with van der Waals surface area (Å²) >= 11 is 6.40. The summed E-state index contributed by atoms with van der Waals surface area (Å²) in [6.07, 6.45) is 2.45. The Hall–Kier alpha value is -1.87. The summed E-state index contributed by atoms with van der Waals surface area (Å²) in [6, 6.07) is 14.6. The molecule has 0 saturated heterocycles. The molecule has 0 radical (unpaired) electrons. The number of halogens is 2. The number of esters is 1. The van der Waals surface area contributed by atoms with Gasteiger partial charge in [0.2, 0.25) is 0 Å². The van der Waals surface area contributed by atoms with Crippen molar-refractivity contribution in [2.45, 2.75) is 31.1 Å². The van der Waals surface area contributed by atoms with Crippen LogP contribution >= 0.6 is 11.6 Å². The first kappa shape index (κ1) is 17.5. The zero-order valence-corrected chi connectivity index (χ0v) is 13.9. The number of methoxy groups -OCH3 is 1. The zero-order valence-electron chi connectivity index (χ0n) is 13.1. The SMILES string of the molecule is COC(=O)CCCc1ccc(C(Cl)Cc2ccccc2F)cc1. The maximum Gasteiger partial charge on any atom is 0.305 e. The Bertz CT molecular complexity index is 640. The van der Waals surface area contributed by atoms with Crippen molar-refractivity contribution in [1.29, 1.82) is 0 Å². The van der Waals surface area contributed by atoms with Gasteiger partial charge in [0.25, 0.3) is 0 Å². The van der Waals surface area contributed by atoms with E-state index in [1.807, 2.05) is 30.3 Å². The van der Waals surface area contributed by atoms with Crippen molar-refractivity contribution in [3.8, 4) is 0 Å². The van der Waals surface area contributed by atoms with E-state index in [2.05, 4.69) is 4.74 Å². The average molecular weight is 335 g/mol. The second-order valence-corrected chi connectivity index (χ2v) is 5.96. The van der Waals surface area contributed by atoms with E-state index >= 15 is 0 Å². The molecule has 0 amide bonds. The minimum atomic E-state index is -0.268. The second kappa shape index (κ2) is 8.68. The van der Waals surface area contributed by atoms with Gasteiger partial charge >= 0.3 is 5.97 Å². The Morgan fingerprint density at radius 2 is 1.87 bits per heavy atom. The minimum Gasteiger partial charge on any atom is -0.469 e. The zero-order chi connectivity index (χ0) is 16.7. The lowest BCUT2D eigenvalue weighted by Gasteiger charge is -2.11. The number of carbonyl (C=O) groups is 1. The number of aryl methyl sites for hydroxylation is 1. The maximum absolute atomic E-state index is 13.7. The third kappa shape index (κ3) is 5.36. The van der Waals surface area contributed by atoms with Crippen LogP contribution in [0, 0.1) is 5.82 Å². The molecule has 1 atom stereocenters. The summed E-state index contributed by atoms with van der Waals surface area (Å²) in [7, 11) is 1.40. The summed E-state index contributed by atoms with van der Waals surface area (Å²) < 4.78 is 18.3. The van der Waals surface area contributed by atoms with Crippen LogP contribution < -0.4 is 0 Å². The Kier molecular flexibility index (Phi) is 6.60. The molecule has 23 heavy (non-hydrogen) atoms. The van der Waals surface area contributed by atoms with Crippen LogP contribution in [0.4, 0.5) is 4.39 Å². The normalized spacial score (nSPS) is 12.0. The van der Waals surface area contributed by atoms with Crippen molar-refractivity contribution in [2.75, 3.05) is 7.11 Å². The molecule has 0 N–H and O–H groups in total. The molecule has 0 aliphatic carbocycles. The van der Waals surface area contributed by atoms with Crippen molar-refractivity contribution in [2.24, 2.45) is 0 Å². The number of carbonyl (C=O) groups excluding carboxylic acids is 1. The molecule has 2 aromatic rings. The van der Waals surface area contributed by atoms with Gasteiger partial charge in [-0.05, 0) is 42.0 Å². The lowest BCUT2D eigenvalue weighted by molar-refractivity contribution is -0.140. The topological polar surface area (TPSA) is 26.3 Å². The highest BCUT2D eigenvalue weighted by Crippen LogP contribution is 2.26. The number of benzene rings is 2. The monoisotopic (exact) mass is 334 g/mol. The van der Waals surface area contributed by atoms with Gasteiger partial charge in [0.05, 0.1) is 12.5 Å². The highest BCUT2D eigenvalue weighted by atomic mass is 35.5. The Morgan fingerprint density at radius 3 is 2.52 bits per heavy atom. The molecule has 0 spiro atoms. The molecule has 1 unspecified atom stereocenters. The molecule has 4 heteroatoms. The summed E-state index contributed by atoms with van der Waals surface area (Å²) in [4.78, 5) is 11.1. The molecule has 0 heterocycles. The van der Waals surface area contributed by atoms with Crippen molar-refractivity contribution in [1.82, 2.24) is 0 Å². The average Bonchev–Trinajstić information content (AvgIpc) is 2.57. The van der Waals surface area contributed by atoms with Gasteiger partial charge in [0.1, 0.15) is 5.82 Å². The number of hydrogen-bond donors (Lipinski definition) is 0. The number of ether oxygens (including phenoxy) is 1. The summed E-state index contributed by atoms with van der Waals surface area (Å²) in [6.45, 7) is 0. The van der Waals surface area contributed by atoms with Gasteiger partial charge in [-0.2, -0.15) is 0 Å². The summed E-state index contributed by atoms with van der Waals surface area (Å²) in [5, 5.41) is -0.268. The van der Waals surface area contributed by atoms with Gasteiger partial charge in [-0.15, -0.1) is 11.6 Å². The highest BCUT2D eigenvalue weighted by molar-refractivity contribution is 6.20. The first-order valence-corrected chi connectivity index (χ1v) is 8.07. The fourth-order valence-corrected chi connectivity index (χ4v) is 2.72. The lowest BCUT2D eigenvalue weighted by Crippen LogP contribution is -2.01. The third-order valence-corrected chi connectivity index (χ3v) is 4.18. The summed E-state index contributed by atoms with van der Waals surface area (Å²) in [5.41, 5.74) is 2.73. The van der Waals surface area contributed by atoms with Crippen molar-refractivity contribution < 1.29 is 13.9 Å². The molecule has 0 aliphatic rings. The van der Waals surface area contributed by atoms with E-state index in [0.29, 0.717) is 18.4 Å². The van der Waals surface area contributed by atoms with Gasteiger partial charge < -0.3 is 4.74 Å². The van der Waals surface area contributed by atoms with E-state index in [4.69, 9.17) is 11.6 Å². The molecule has 0 aromatic heterocycles. The van der Waals surface area contributed by atoms with Gasteiger partial charge in [-0.3, -0.25) is 4.79 Å². The third-order valence-electron chi connectivity index (χ3n) is 3.77. The van der Waals surface area contributed by atoms with Crippen LogP contribution in [-0.4, -0.2) is 13.1 Å². The number of hydrogen-bond acceptors (Lipinski definition) is 2. The van der Waals surface area contributed by atoms with Gasteiger partial charge in [-0.1, -0.05) is 42.5 Å². The van der Waals surface area contributed by atoms with E-state index in [1.54, 1.807) is 12.1 Å². The van der Waals surface area contributed by atoms with E-state index in [1.165, 1.54) is 13.2 Å². The Morgan fingerprint density at radius 1 is 1.17 bits per heavy atom. The van der Waals surface area contributed by atoms with Crippen LogP contribution in [-0.2, 0) is 22.4 Å². The van der Waals surface area contributed by atoms with Gasteiger partial charge in [0, 0.05) is 6.42 Å². The predicted molar refractivity (Wildman–Crippen MR) is 90.1 cm³/mol. The molecule has 0 aliphatic heterocycles. The molecular formula is C19H20ClFO2. The smallest absolute Gasteiger partial charge is 0.305 e. The van der Waals surface area contributed by atoms with Gasteiger partial charge in [-0.25, -0.2) is 4.39 Å². The number of alkyl halides is 1. The van der Waals surface area contributed by atoms with Crippen LogP contribution in [0.3, 0.4) is 0 Å². The predicted octanol–water partition coefficient (Wildman–Crippen LogP) is 4.84. The largest absolute Gasteiger partial charge is 0.469 e. The fraction of sp³-hybridized carbons (Fsp3) is 0.316. The molecule has 0 fully saturated rings. The molecule has 122 valence electrons. The van der Waals surface area contributed by atoms with E-state index in [-0.39, 0.29) is 17.2 Å². The second-order valence-electron chi connectivity index (χ2n) is 5.43. The molecule has 0 saturated carbocycles. The molecule has 2 nitrogen and oxygen atoms in total. The molecule has 2 rings (SSSR count). The van der Waals surface area contributed by atoms with Crippen LogP contribution in [0.2, 0.25) is 0 Å². The molecule has 0 bridgehead atoms. The minimum absolute atomic E-state index is 0.188. The quantitative estimate of drug-likeness (QED) is 0.534. The van der Waals surface area contributed by atoms with Gasteiger partial charge in [0.15, 0.2) is 0 Å². The van der Waals surface area contributed by atoms with Crippen molar-refractivity contribution in [3.63, 3.8) is 0 Å². The highest BCUT2D eigenvalue weighted by Gasteiger charge is 2.11. The lowest BCUT2D eigenvalue weighted by atomic mass is 10.0. The Labute approximate surface area is 141 Å². The maximum atomic E-state index is 13.7. The van der Waals surface area contributed by atoms with Crippen molar-refractivity contribution in [3.05, 3.63) is 71.0 Å². The van der Waals surface area contributed by atoms with E-state index in [0.717, 1.165) is 24.0 Å². The first-order valence-electron chi connectivity index (χ1n) is 7.63. The van der Waals surface area contributed by atoms with E-state index < -0.39 is 0 Å². The number of rotatable bonds is 7. The molecule has 2 aromatic carbocycles. The van der Waals surface area contributed by atoms with Crippen LogP contribution in [0.15, 0.2) is 48.5 Å².